The van der Waals surface area contributed by atoms with E-state index in [1.807, 2.05) is 31.2 Å². The van der Waals surface area contributed by atoms with E-state index >= 15 is 0 Å². The van der Waals surface area contributed by atoms with Crippen molar-refractivity contribution in [2.45, 2.75) is 18.7 Å². The number of aryl methyl sites for hydroxylation is 1. The van der Waals surface area contributed by atoms with Crippen molar-refractivity contribution in [1.82, 2.24) is 0 Å². The van der Waals surface area contributed by atoms with Crippen LogP contribution in [0.1, 0.15) is 23.6 Å². The Balaban J connectivity index is 1.79. The van der Waals surface area contributed by atoms with Crippen LogP contribution in [0.15, 0.2) is 75.6 Å². The molecule has 0 radical (unpaired) electrons. The fourth-order valence-electron chi connectivity index (χ4n) is 2.59. The van der Waals surface area contributed by atoms with E-state index < -0.39 is 10.1 Å². The first-order valence-corrected chi connectivity index (χ1v) is 10.8. The highest BCUT2D eigenvalue weighted by atomic mass is 32.2. The molecule has 0 saturated heterocycles. The Bertz CT molecular complexity index is 1240. The smallest absolute Gasteiger partial charge is 0.264 e. The topological polar surface area (TPSA) is 79.5 Å². The Morgan fingerprint density at radius 3 is 2.48 bits per heavy atom. The van der Waals surface area contributed by atoms with Crippen molar-refractivity contribution in [3.63, 3.8) is 0 Å². The van der Waals surface area contributed by atoms with Gasteiger partial charge in [-0.15, -0.1) is 5.92 Å². The van der Waals surface area contributed by atoms with Gasteiger partial charge in [-0.2, -0.15) is 13.7 Å². The van der Waals surface area contributed by atoms with Crippen LogP contribution < -0.4 is 0 Å². The maximum Gasteiger partial charge on any atom is 0.358 e. The van der Waals surface area contributed by atoms with Crippen molar-refractivity contribution < 1.29 is 12.7 Å². The first-order chi connectivity index (χ1) is 13.9. The van der Waals surface area contributed by atoms with E-state index in [-0.39, 0.29) is 4.90 Å². The molecule has 1 aliphatic rings. The van der Waals surface area contributed by atoms with Crippen LogP contribution >= 0.6 is 11.8 Å². The highest BCUT2D eigenvalue weighted by molar-refractivity contribution is 8.18. The van der Waals surface area contributed by atoms with Gasteiger partial charge in [0.05, 0.1) is 5.57 Å². The molecular weight excluding hydrogens is 404 g/mol. The summed E-state index contributed by atoms with van der Waals surface area (Å²) in [6, 6.07) is 15.8. The van der Waals surface area contributed by atoms with E-state index in [9.17, 15) is 13.7 Å². The first kappa shape index (κ1) is 20.5. The van der Waals surface area contributed by atoms with Crippen molar-refractivity contribution in [2.75, 3.05) is 0 Å². The van der Waals surface area contributed by atoms with E-state index in [1.165, 1.54) is 23.9 Å². The fourth-order valence-corrected chi connectivity index (χ4v) is 4.20. The van der Waals surface area contributed by atoms with Crippen molar-refractivity contribution >= 4 is 32.5 Å². The predicted molar refractivity (Wildman–Crippen MR) is 115 cm³/mol. The number of hydrogen-bond acceptors (Lipinski definition) is 6. The number of thioether (sulfide) groups is 1. The van der Waals surface area contributed by atoms with Crippen LogP contribution in [0.3, 0.4) is 0 Å². The predicted octanol–water partition coefficient (Wildman–Crippen LogP) is 4.62. The van der Waals surface area contributed by atoms with Crippen LogP contribution in [0.5, 0.6) is 0 Å². The zero-order valence-electron chi connectivity index (χ0n) is 15.7. The number of benzene rings is 2. The van der Waals surface area contributed by atoms with Gasteiger partial charge in [-0.1, -0.05) is 47.1 Å². The SMILES string of the molecule is CC#Cc1ccc(S(=O)(=O)ON=C2C=C/C(=C(/C#N)c3ccccc3C)S2)cc1. The summed E-state index contributed by atoms with van der Waals surface area (Å²) in [5, 5.41) is 13.7. The summed E-state index contributed by atoms with van der Waals surface area (Å²) in [5.74, 6) is 5.59. The van der Waals surface area contributed by atoms with E-state index in [0.717, 1.165) is 11.1 Å². The number of nitrogens with zero attached hydrogens (tertiary/aromatic N) is 2. The second-order valence-electron chi connectivity index (χ2n) is 5.96. The maximum atomic E-state index is 12.3. The molecule has 1 aliphatic heterocycles. The Morgan fingerprint density at radius 1 is 1.10 bits per heavy atom. The fraction of sp³-hybridized carbons (Fsp3) is 0.0909. The molecule has 144 valence electrons. The van der Waals surface area contributed by atoms with Gasteiger partial charge in [0.2, 0.25) is 0 Å². The Labute approximate surface area is 174 Å². The minimum atomic E-state index is -4.05. The van der Waals surface area contributed by atoms with Gasteiger partial charge in [0, 0.05) is 10.5 Å². The molecule has 1 heterocycles. The monoisotopic (exact) mass is 420 g/mol. The van der Waals surface area contributed by atoms with Crippen molar-refractivity contribution in [3.8, 4) is 17.9 Å². The zero-order chi connectivity index (χ0) is 20.9. The van der Waals surface area contributed by atoms with Gasteiger partial charge in [-0.3, -0.25) is 4.28 Å². The minimum absolute atomic E-state index is 0.0103. The summed E-state index contributed by atoms with van der Waals surface area (Å²) < 4.78 is 29.5. The average molecular weight is 421 g/mol. The lowest BCUT2D eigenvalue weighted by molar-refractivity contribution is 0.340. The zero-order valence-corrected chi connectivity index (χ0v) is 17.3. The number of rotatable bonds is 4. The summed E-state index contributed by atoms with van der Waals surface area (Å²) in [6.45, 7) is 3.63. The molecule has 3 rings (SSSR count). The van der Waals surface area contributed by atoms with E-state index in [4.69, 9.17) is 4.28 Å². The summed E-state index contributed by atoms with van der Waals surface area (Å²) in [5.41, 5.74) is 3.02. The third kappa shape index (κ3) is 4.78. The second-order valence-corrected chi connectivity index (χ2v) is 8.55. The minimum Gasteiger partial charge on any atom is -0.264 e. The standard InChI is InChI=1S/C22H16N2O3S2/c1-3-6-17-9-11-18(12-10-17)29(25,26)27-24-22-14-13-21(28-22)20(15-23)19-8-5-4-7-16(19)2/h4-5,7-14H,1-2H3/b21-20+,24-22?. The molecule has 2 aromatic rings. The van der Waals surface area contributed by atoms with Crippen molar-refractivity contribution in [3.05, 3.63) is 82.3 Å². The highest BCUT2D eigenvalue weighted by Gasteiger charge is 2.19. The van der Waals surface area contributed by atoms with Gasteiger partial charge in [0.1, 0.15) is 16.0 Å². The maximum absolute atomic E-state index is 12.3. The van der Waals surface area contributed by atoms with Gasteiger partial charge < -0.3 is 0 Å². The molecule has 0 unspecified atom stereocenters. The van der Waals surface area contributed by atoms with Crippen LogP contribution in [0, 0.1) is 30.1 Å². The number of nitriles is 1. The van der Waals surface area contributed by atoms with Gasteiger partial charge in [0.25, 0.3) is 0 Å². The molecular formula is C22H16N2O3S2. The molecule has 7 heteroatoms. The van der Waals surface area contributed by atoms with Crippen molar-refractivity contribution in [2.24, 2.45) is 5.16 Å². The molecule has 5 nitrogen and oxygen atoms in total. The first-order valence-electron chi connectivity index (χ1n) is 8.55. The van der Waals surface area contributed by atoms with E-state index in [0.29, 0.717) is 21.1 Å². The Hall–Kier alpha value is -3.26. The lowest BCUT2D eigenvalue weighted by atomic mass is 10.0. The number of allylic oxidation sites excluding steroid dienone is 2. The third-order valence-corrected chi connectivity index (χ3v) is 6.10. The van der Waals surface area contributed by atoms with E-state index in [1.54, 1.807) is 31.2 Å². The molecule has 0 spiro atoms. The Morgan fingerprint density at radius 2 is 1.83 bits per heavy atom. The van der Waals surface area contributed by atoms with Crippen molar-refractivity contribution in [1.29, 1.82) is 5.26 Å². The summed E-state index contributed by atoms with van der Waals surface area (Å²) in [4.78, 5) is 0.674. The van der Waals surface area contributed by atoms with Crippen LogP contribution in [-0.2, 0) is 14.4 Å². The molecule has 2 aromatic carbocycles. The van der Waals surface area contributed by atoms with Crippen LogP contribution in [0.4, 0.5) is 0 Å². The lowest BCUT2D eigenvalue weighted by Gasteiger charge is -2.06. The lowest BCUT2D eigenvalue weighted by Crippen LogP contribution is -2.03. The quantitative estimate of drug-likeness (QED) is 0.410. The number of oxime groups is 1. The molecule has 0 fully saturated rings. The molecule has 0 bridgehead atoms. The van der Waals surface area contributed by atoms with Crippen LogP contribution in [-0.4, -0.2) is 13.5 Å². The molecule has 0 amide bonds. The Kier molecular flexibility index (Phi) is 6.23. The average Bonchev–Trinajstić information content (AvgIpc) is 3.18. The van der Waals surface area contributed by atoms with Gasteiger partial charge in [-0.25, -0.2) is 0 Å². The van der Waals surface area contributed by atoms with Gasteiger partial charge in [0.15, 0.2) is 0 Å². The molecule has 0 atom stereocenters. The van der Waals surface area contributed by atoms with E-state index in [2.05, 4.69) is 23.1 Å². The van der Waals surface area contributed by atoms with Gasteiger partial charge in [-0.05, 0) is 61.4 Å². The molecule has 29 heavy (non-hydrogen) atoms. The molecule has 0 N–H and O–H groups in total. The second kappa shape index (κ2) is 8.83. The largest absolute Gasteiger partial charge is 0.358 e. The summed E-state index contributed by atoms with van der Waals surface area (Å²) in [6.07, 6.45) is 3.34. The van der Waals surface area contributed by atoms with Crippen LogP contribution in [0.25, 0.3) is 5.57 Å². The summed E-state index contributed by atoms with van der Waals surface area (Å²) >= 11 is 1.18. The molecule has 0 aromatic heterocycles. The van der Waals surface area contributed by atoms with Crippen LogP contribution in [0.2, 0.25) is 0 Å². The normalized spacial score (nSPS) is 16.1. The highest BCUT2D eigenvalue weighted by Crippen LogP contribution is 2.35. The van der Waals surface area contributed by atoms with Gasteiger partial charge >= 0.3 is 10.1 Å². The number of hydrogen-bond donors (Lipinski definition) is 0. The molecule has 0 saturated carbocycles. The summed E-state index contributed by atoms with van der Waals surface area (Å²) in [7, 11) is -4.05. The third-order valence-electron chi connectivity index (χ3n) is 4.00. The molecule has 0 aliphatic carbocycles.